The Hall–Kier alpha value is -0.870. The number of piperidine rings is 2. The molecule has 2 saturated heterocycles. The predicted octanol–water partition coefficient (Wildman–Crippen LogP) is 3.43. The van der Waals surface area contributed by atoms with E-state index in [9.17, 15) is 0 Å². The Morgan fingerprint density at radius 3 is 2.52 bits per heavy atom. The molecule has 4 rings (SSSR count). The lowest BCUT2D eigenvalue weighted by Gasteiger charge is -2.47. The minimum Gasteiger partial charge on any atom is -0.367 e. The molecule has 0 aromatic carbocycles. The van der Waals surface area contributed by atoms with Gasteiger partial charge in [0, 0.05) is 30.1 Å². The van der Waals surface area contributed by atoms with Crippen molar-refractivity contribution in [3.05, 3.63) is 17.0 Å². The van der Waals surface area contributed by atoms with Crippen molar-refractivity contribution in [3.63, 3.8) is 0 Å². The largest absolute Gasteiger partial charge is 0.367 e. The standard InChI is InChI=1S/C16H23ClN4/c1-21-12-3-2-4-13(21)8-11(7-12)18-15-9-14(17)19-16(20-15)10-5-6-10/h9-13H,2-8H2,1H3,(H,18,19,20). The molecule has 3 heterocycles. The van der Waals surface area contributed by atoms with Gasteiger partial charge in [0.2, 0.25) is 0 Å². The van der Waals surface area contributed by atoms with Crippen LogP contribution in [0.4, 0.5) is 5.82 Å². The molecular weight excluding hydrogens is 284 g/mol. The quantitative estimate of drug-likeness (QED) is 0.869. The van der Waals surface area contributed by atoms with Crippen molar-refractivity contribution in [1.82, 2.24) is 14.9 Å². The molecule has 114 valence electrons. The summed E-state index contributed by atoms with van der Waals surface area (Å²) in [7, 11) is 2.29. The van der Waals surface area contributed by atoms with Crippen LogP contribution in [0.15, 0.2) is 6.07 Å². The summed E-state index contributed by atoms with van der Waals surface area (Å²) in [6.45, 7) is 0. The molecule has 5 heteroatoms. The number of nitrogens with zero attached hydrogens (tertiary/aromatic N) is 3. The van der Waals surface area contributed by atoms with Crippen LogP contribution in [0.3, 0.4) is 0 Å². The Bertz CT molecular complexity index is 517. The highest BCUT2D eigenvalue weighted by atomic mass is 35.5. The molecule has 2 atom stereocenters. The Labute approximate surface area is 131 Å². The van der Waals surface area contributed by atoms with Crippen LogP contribution in [-0.2, 0) is 0 Å². The summed E-state index contributed by atoms with van der Waals surface area (Å²) in [6.07, 6.45) is 8.90. The molecule has 3 aliphatic rings. The zero-order valence-electron chi connectivity index (χ0n) is 12.6. The minimum atomic E-state index is 0.523. The van der Waals surface area contributed by atoms with E-state index in [1.807, 2.05) is 6.07 Å². The second kappa shape index (κ2) is 5.40. The summed E-state index contributed by atoms with van der Waals surface area (Å²) < 4.78 is 0. The zero-order chi connectivity index (χ0) is 14.4. The van der Waals surface area contributed by atoms with Crippen molar-refractivity contribution in [2.75, 3.05) is 12.4 Å². The van der Waals surface area contributed by atoms with Crippen molar-refractivity contribution < 1.29 is 0 Å². The van der Waals surface area contributed by atoms with E-state index in [-0.39, 0.29) is 0 Å². The second-order valence-electron chi connectivity index (χ2n) is 6.93. The third-order valence-corrected chi connectivity index (χ3v) is 5.54. The van der Waals surface area contributed by atoms with Crippen LogP contribution >= 0.6 is 11.6 Å². The molecule has 1 aromatic heterocycles. The fraction of sp³-hybridized carbons (Fsp3) is 0.750. The molecule has 2 bridgehead atoms. The molecule has 2 unspecified atom stereocenters. The van der Waals surface area contributed by atoms with Crippen LogP contribution in [0.1, 0.15) is 56.7 Å². The van der Waals surface area contributed by atoms with Crippen molar-refractivity contribution in [2.24, 2.45) is 0 Å². The average Bonchev–Trinajstić information content (AvgIpc) is 3.23. The highest BCUT2D eigenvalue weighted by molar-refractivity contribution is 6.29. The van der Waals surface area contributed by atoms with Crippen LogP contribution < -0.4 is 5.32 Å². The van der Waals surface area contributed by atoms with E-state index in [1.165, 1.54) is 44.9 Å². The highest BCUT2D eigenvalue weighted by Gasteiger charge is 2.36. The van der Waals surface area contributed by atoms with Gasteiger partial charge in [-0.3, -0.25) is 0 Å². The van der Waals surface area contributed by atoms with E-state index in [0.717, 1.165) is 23.7 Å². The zero-order valence-corrected chi connectivity index (χ0v) is 13.3. The van der Waals surface area contributed by atoms with Gasteiger partial charge in [0.15, 0.2) is 0 Å². The van der Waals surface area contributed by atoms with Gasteiger partial charge in [-0.2, -0.15) is 0 Å². The first-order chi connectivity index (χ1) is 10.2. The maximum absolute atomic E-state index is 6.16. The van der Waals surface area contributed by atoms with E-state index in [1.54, 1.807) is 0 Å². The summed E-state index contributed by atoms with van der Waals surface area (Å²) in [5.41, 5.74) is 0. The molecule has 21 heavy (non-hydrogen) atoms. The molecule has 4 nitrogen and oxygen atoms in total. The smallest absolute Gasteiger partial charge is 0.135 e. The lowest BCUT2D eigenvalue weighted by molar-refractivity contribution is 0.0608. The lowest BCUT2D eigenvalue weighted by Crippen LogP contribution is -2.52. The van der Waals surface area contributed by atoms with Crippen LogP contribution in [0, 0.1) is 0 Å². The summed E-state index contributed by atoms with van der Waals surface area (Å²) in [6, 6.07) is 3.86. The van der Waals surface area contributed by atoms with Gasteiger partial charge >= 0.3 is 0 Å². The third-order valence-electron chi connectivity index (χ3n) is 5.35. The Morgan fingerprint density at radius 1 is 1.14 bits per heavy atom. The number of fused-ring (bicyclic) bond motifs is 2. The number of nitrogens with one attached hydrogen (secondary N) is 1. The summed E-state index contributed by atoms with van der Waals surface area (Å²) in [5, 5.41) is 4.20. The molecule has 1 aromatic rings. The number of anilines is 1. The first kappa shape index (κ1) is 13.8. The SMILES string of the molecule is CN1C2CCCC1CC(Nc1cc(Cl)nc(C3CC3)n1)C2. The summed E-state index contributed by atoms with van der Waals surface area (Å²) in [5.74, 6) is 2.39. The maximum Gasteiger partial charge on any atom is 0.135 e. The van der Waals surface area contributed by atoms with Crippen molar-refractivity contribution in [3.8, 4) is 0 Å². The van der Waals surface area contributed by atoms with Gasteiger partial charge in [0.25, 0.3) is 0 Å². The molecular formula is C16H23ClN4. The number of hydrogen-bond donors (Lipinski definition) is 1. The number of rotatable bonds is 3. The van der Waals surface area contributed by atoms with Gasteiger partial charge in [-0.25, -0.2) is 9.97 Å². The Morgan fingerprint density at radius 2 is 1.86 bits per heavy atom. The molecule has 0 radical (unpaired) electrons. The van der Waals surface area contributed by atoms with E-state index < -0.39 is 0 Å². The van der Waals surface area contributed by atoms with Gasteiger partial charge < -0.3 is 10.2 Å². The number of hydrogen-bond acceptors (Lipinski definition) is 4. The van der Waals surface area contributed by atoms with E-state index >= 15 is 0 Å². The van der Waals surface area contributed by atoms with Gasteiger partial charge in [-0.05, 0) is 45.6 Å². The Kier molecular flexibility index (Phi) is 3.54. The fourth-order valence-corrected chi connectivity index (χ4v) is 4.17. The van der Waals surface area contributed by atoms with E-state index in [4.69, 9.17) is 11.6 Å². The van der Waals surface area contributed by atoms with Gasteiger partial charge in [-0.1, -0.05) is 18.0 Å². The minimum absolute atomic E-state index is 0.523. The number of halogens is 1. The summed E-state index contributed by atoms with van der Waals surface area (Å²) in [4.78, 5) is 11.6. The lowest BCUT2D eigenvalue weighted by atomic mass is 9.82. The van der Waals surface area contributed by atoms with Crippen LogP contribution in [0.5, 0.6) is 0 Å². The Balaban J connectivity index is 1.48. The molecule has 1 aliphatic carbocycles. The van der Waals surface area contributed by atoms with E-state index in [2.05, 4.69) is 27.2 Å². The molecule has 3 fully saturated rings. The van der Waals surface area contributed by atoms with Gasteiger partial charge in [0.05, 0.1) is 0 Å². The normalized spacial score (nSPS) is 33.0. The van der Waals surface area contributed by atoms with Crippen molar-refractivity contribution >= 4 is 17.4 Å². The third kappa shape index (κ3) is 2.88. The molecule has 1 saturated carbocycles. The van der Waals surface area contributed by atoms with Crippen molar-refractivity contribution in [1.29, 1.82) is 0 Å². The van der Waals surface area contributed by atoms with Crippen molar-refractivity contribution in [2.45, 2.75) is 69.0 Å². The fourth-order valence-electron chi connectivity index (χ4n) is 3.98. The maximum atomic E-state index is 6.16. The molecule has 1 N–H and O–H groups in total. The molecule has 2 aliphatic heterocycles. The van der Waals surface area contributed by atoms with Crippen LogP contribution in [-0.4, -0.2) is 40.0 Å². The second-order valence-corrected chi connectivity index (χ2v) is 7.31. The average molecular weight is 307 g/mol. The predicted molar refractivity (Wildman–Crippen MR) is 84.9 cm³/mol. The topological polar surface area (TPSA) is 41.0 Å². The van der Waals surface area contributed by atoms with E-state index in [0.29, 0.717) is 17.1 Å². The van der Waals surface area contributed by atoms with Crippen LogP contribution in [0.25, 0.3) is 0 Å². The monoisotopic (exact) mass is 306 g/mol. The highest BCUT2D eigenvalue weighted by Crippen LogP contribution is 2.39. The summed E-state index contributed by atoms with van der Waals surface area (Å²) >= 11 is 6.16. The molecule has 0 spiro atoms. The van der Waals surface area contributed by atoms with Gasteiger partial charge in [-0.15, -0.1) is 0 Å². The first-order valence-corrected chi connectivity index (χ1v) is 8.60. The first-order valence-electron chi connectivity index (χ1n) is 8.22. The number of aromatic nitrogens is 2. The van der Waals surface area contributed by atoms with Gasteiger partial charge in [0.1, 0.15) is 16.8 Å². The molecule has 0 amide bonds. The van der Waals surface area contributed by atoms with Crippen LogP contribution in [0.2, 0.25) is 5.15 Å².